The van der Waals surface area contributed by atoms with E-state index in [-0.39, 0.29) is 19.0 Å². The Morgan fingerprint density at radius 3 is 2.39 bits per heavy atom. The van der Waals surface area contributed by atoms with Crippen LogP contribution in [-0.2, 0) is 6.54 Å². The van der Waals surface area contributed by atoms with E-state index in [2.05, 4.69) is 5.32 Å². The van der Waals surface area contributed by atoms with Crippen molar-refractivity contribution in [1.29, 1.82) is 0 Å². The number of ether oxygens (including phenoxy) is 1. The average molecular weight is 255 g/mol. The molecule has 0 aliphatic carbocycles. The van der Waals surface area contributed by atoms with Crippen molar-refractivity contribution in [3.8, 4) is 11.5 Å². The molecule has 1 rings (SSSR count). The van der Waals surface area contributed by atoms with Crippen molar-refractivity contribution in [1.82, 2.24) is 5.32 Å². The number of aliphatic hydroxyl groups is 2. The van der Waals surface area contributed by atoms with Crippen LogP contribution in [0.1, 0.15) is 18.9 Å². The second-order valence-electron chi connectivity index (χ2n) is 4.30. The highest BCUT2D eigenvalue weighted by atomic mass is 16.5. The number of aliphatic hydroxyl groups excluding tert-OH is 2. The lowest BCUT2D eigenvalue weighted by molar-refractivity contribution is 0.0862. The second kappa shape index (κ2) is 6.58. The molecule has 0 aromatic heterocycles. The van der Waals surface area contributed by atoms with Gasteiger partial charge in [0.05, 0.1) is 25.9 Å². The van der Waals surface area contributed by atoms with E-state index >= 15 is 0 Å². The van der Waals surface area contributed by atoms with Crippen molar-refractivity contribution in [2.75, 3.05) is 20.3 Å². The average Bonchev–Trinajstić information content (AvgIpc) is 2.42. The van der Waals surface area contributed by atoms with Crippen LogP contribution in [0.25, 0.3) is 0 Å². The molecule has 0 fully saturated rings. The molecule has 0 aliphatic heterocycles. The third-order valence-electron chi connectivity index (χ3n) is 3.23. The Morgan fingerprint density at radius 2 is 1.94 bits per heavy atom. The van der Waals surface area contributed by atoms with Crippen LogP contribution in [0.4, 0.5) is 0 Å². The van der Waals surface area contributed by atoms with Crippen LogP contribution in [0, 0.1) is 0 Å². The zero-order valence-corrected chi connectivity index (χ0v) is 10.8. The Hall–Kier alpha value is -1.30. The molecule has 4 N–H and O–H groups in total. The molecule has 1 aromatic carbocycles. The molecule has 1 aromatic rings. The van der Waals surface area contributed by atoms with Crippen molar-refractivity contribution in [2.45, 2.75) is 25.4 Å². The summed E-state index contributed by atoms with van der Waals surface area (Å²) >= 11 is 0. The molecule has 0 bridgehead atoms. The summed E-state index contributed by atoms with van der Waals surface area (Å²) in [5.41, 5.74) is -0.0256. The predicted molar refractivity (Wildman–Crippen MR) is 68.7 cm³/mol. The number of benzene rings is 1. The van der Waals surface area contributed by atoms with E-state index in [1.165, 1.54) is 13.2 Å². The van der Waals surface area contributed by atoms with Gasteiger partial charge in [-0.05, 0) is 12.5 Å². The molecular formula is C13H21NO4. The number of nitrogens with one attached hydrogen (secondary N) is 1. The number of hydrogen-bond acceptors (Lipinski definition) is 5. The highest BCUT2D eigenvalue weighted by Crippen LogP contribution is 2.24. The summed E-state index contributed by atoms with van der Waals surface area (Å²) in [6.07, 6.45) is 0.594. The lowest BCUT2D eigenvalue weighted by Crippen LogP contribution is -2.50. The first-order valence-corrected chi connectivity index (χ1v) is 5.93. The highest BCUT2D eigenvalue weighted by molar-refractivity contribution is 5.39. The standard InChI is InChI=1S/C13H21NO4/c1-3-13(8-15,9-16)14-7-10-4-5-11(18-2)6-12(10)17/h4-6,14-17H,3,7-9H2,1-2H3. The molecule has 102 valence electrons. The van der Waals surface area contributed by atoms with Crippen LogP contribution in [-0.4, -0.2) is 41.2 Å². The van der Waals surface area contributed by atoms with Gasteiger partial charge in [-0.3, -0.25) is 0 Å². The molecule has 0 saturated heterocycles. The molecule has 0 radical (unpaired) electrons. The lowest BCUT2D eigenvalue weighted by Gasteiger charge is -2.30. The van der Waals surface area contributed by atoms with Gasteiger partial charge in [0.25, 0.3) is 0 Å². The fourth-order valence-corrected chi connectivity index (χ4v) is 1.61. The summed E-state index contributed by atoms with van der Waals surface area (Å²) < 4.78 is 5.00. The highest BCUT2D eigenvalue weighted by Gasteiger charge is 2.25. The molecule has 0 heterocycles. The van der Waals surface area contributed by atoms with Gasteiger partial charge in [-0.15, -0.1) is 0 Å². The van der Waals surface area contributed by atoms with Gasteiger partial charge in [0, 0.05) is 18.2 Å². The summed E-state index contributed by atoms with van der Waals surface area (Å²) in [7, 11) is 1.53. The van der Waals surface area contributed by atoms with Crippen LogP contribution in [0.5, 0.6) is 11.5 Å². The SMILES string of the molecule is CCC(CO)(CO)NCc1ccc(OC)cc1O. The number of phenols is 1. The first-order valence-electron chi connectivity index (χ1n) is 5.93. The topological polar surface area (TPSA) is 82.0 Å². The normalized spacial score (nSPS) is 11.6. The summed E-state index contributed by atoms with van der Waals surface area (Å²) in [6, 6.07) is 5.03. The summed E-state index contributed by atoms with van der Waals surface area (Å²) in [6.45, 7) is 1.94. The number of phenolic OH excluding ortho intramolecular Hbond substituents is 1. The molecule has 0 spiro atoms. The van der Waals surface area contributed by atoms with E-state index in [1.54, 1.807) is 12.1 Å². The molecule has 0 atom stereocenters. The summed E-state index contributed by atoms with van der Waals surface area (Å²) in [5.74, 6) is 0.713. The predicted octanol–water partition coefficient (Wildman–Crippen LogP) is 0.624. The van der Waals surface area contributed by atoms with E-state index in [9.17, 15) is 15.3 Å². The molecule has 0 unspecified atom stereocenters. The third-order valence-corrected chi connectivity index (χ3v) is 3.23. The van der Waals surface area contributed by atoms with E-state index in [4.69, 9.17) is 4.74 Å². The maximum absolute atomic E-state index is 9.79. The van der Waals surface area contributed by atoms with E-state index in [1.807, 2.05) is 6.92 Å². The Morgan fingerprint density at radius 1 is 1.28 bits per heavy atom. The molecule has 0 aliphatic rings. The minimum Gasteiger partial charge on any atom is -0.507 e. The van der Waals surface area contributed by atoms with E-state index < -0.39 is 5.54 Å². The van der Waals surface area contributed by atoms with Gasteiger partial charge >= 0.3 is 0 Å². The van der Waals surface area contributed by atoms with Crippen molar-refractivity contribution in [2.24, 2.45) is 0 Å². The summed E-state index contributed by atoms with van der Waals surface area (Å²) in [5, 5.41) is 31.5. The van der Waals surface area contributed by atoms with Crippen LogP contribution in [0.15, 0.2) is 18.2 Å². The van der Waals surface area contributed by atoms with Crippen molar-refractivity contribution < 1.29 is 20.1 Å². The molecule has 0 saturated carbocycles. The third kappa shape index (κ3) is 3.35. The lowest BCUT2D eigenvalue weighted by atomic mass is 9.98. The molecular weight excluding hydrogens is 234 g/mol. The van der Waals surface area contributed by atoms with Gasteiger partial charge in [-0.1, -0.05) is 13.0 Å². The summed E-state index contributed by atoms with van der Waals surface area (Å²) in [4.78, 5) is 0. The zero-order valence-electron chi connectivity index (χ0n) is 10.8. The Bertz CT molecular complexity index is 369. The number of hydrogen-bond donors (Lipinski definition) is 4. The van der Waals surface area contributed by atoms with Crippen molar-refractivity contribution >= 4 is 0 Å². The molecule has 0 amide bonds. The van der Waals surface area contributed by atoms with Crippen LogP contribution in [0.3, 0.4) is 0 Å². The largest absolute Gasteiger partial charge is 0.507 e. The fraction of sp³-hybridized carbons (Fsp3) is 0.538. The first-order chi connectivity index (χ1) is 8.60. The maximum Gasteiger partial charge on any atom is 0.123 e. The van der Waals surface area contributed by atoms with Gasteiger partial charge in [0.1, 0.15) is 11.5 Å². The van der Waals surface area contributed by atoms with Gasteiger partial charge in [-0.25, -0.2) is 0 Å². The maximum atomic E-state index is 9.79. The van der Waals surface area contributed by atoms with Crippen molar-refractivity contribution in [3.05, 3.63) is 23.8 Å². The minimum absolute atomic E-state index is 0.128. The number of aromatic hydroxyl groups is 1. The minimum atomic E-state index is -0.716. The van der Waals surface area contributed by atoms with Gasteiger partial charge < -0.3 is 25.4 Å². The van der Waals surface area contributed by atoms with Crippen LogP contribution >= 0.6 is 0 Å². The second-order valence-corrected chi connectivity index (χ2v) is 4.30. The number of rotatable bonds is 7. The van der Waals surface area contributed by atoms with Crippen LogP contribution < -0.4 is 10.1 Å². The molecule has 5 nitrogen and oxygen atoms in total. The monoisotopic (exact) mass is 255 g/mol. The first kappa shape index (κ1) is 14.8. The fourth-order valence-electron chi connectivity index (χ4n) is 1.61. The Balaban J connectivity index is 2.73. The van der Waals surface area contributed by atoms with E-state index in [0.29, 0.717) is 24.3 Å². The smallest absolute Gasteiger partial charge is 0.123 e. The Kier molecular flexibility index (Phi) is 5.40. The number of methoxy groups -OCH3 is 1. The van der Waals surface area contributed by atoms with Gasteiger partial charge in [0.2, 0.25) is 0 Å². The molecule has 5 heteroatoms. The Labute approximate surface area is 107 Å². The zero-order chi connectivity index (χ0) is 13.6. The van der Waals surface area contributed by atoms with E-state index in [0.717, 1.165) is 0 Å². The molecule has 18 heavy (non-hydrogen) atoms. The van der Waals surface area contributed by atoms with Crippen LogP contribution in [0.2, 0.25) is 0 Å². The van der Waals surface area contributed by atoms with Gasteiger partial charge in [-0.2, -0.15) is 0 Å². The van der Waals surface area contributed by atoms with Crippen molar-refractivity contribution in [3.63, 3.8) is 0 Å². The van der Waals surface area contributed by atoms with Gasteiger partial charge in [0.15, 0.2) is 0 Å². The quantitative estimate of drug-likeness (QED) is 0.574.